The number of ether oxygens (including phenoxy) is 1. The number of rotatable bonds is 5. The molecule has 0 aromatic rings. The van der Waals surface area contributed by atoms with Crippen LogP contribution in [-0.4, -0.2) is 38.8 Å². The molecule has 1 fully saturated rings. The molecule has 1 rings (SSSR count). The van der Waals surface area contributed by atoms with Gasteiger partial charge in [-0.1, -0.05) is 6.92 Å². The molecule has 0 spiro atoms. The van der Waals surface area contributed by atoms with Gasteiger partial charge in [-0.15, -0.1) is 12.4 Å². The van der Waals surface area contributed by atoms with Crippen LogP contribution in [0.25, 0.3) is 0 Å². The molecule has 1 atom stereocenters. The highest BCUT2D eigenvalue weighted by Gasteiger charge is 2.23. The average molecular weight is 251 g/mol. The molecule has 4 nitrogen and oxygen atoms in total. The molecule has 0 saturated carbocycles. The predicted molar refractivity (Wildman–Crippen MR) is 66.9 cm³/mol. The first-order chi connectivity index (χ1) is 7.27. The molecule has 1 aliphatic rings. The maximum absolute atomic E-state index is 11.5. The van der Waals surface area contributed by atoms with Crippen LogP contribution in [0.15, 0.2) is 0 Å². The van der Waals surface area contributed by atoms with Crippen molar-refractivity contribution in [1.29, 1.82) is 0 Å². The Morgan fingerprint density at radius 3 is 2.56 bits per heavy atom. The molecule has 1 heterocycles. The fourth-order valence-corrected chi connectivity index (χ4v) is 2.09. The summed E-state index contributed by atoms with van der Waals surface area (Å²) in [6.07, 6.45) is 3.14. The summed E-state index contributed by atoms with van der Waals surface area (Å²) in [5.74, 6) is 0.681. The van der Waals surface area contributed by atoms with Gasteiger partial charge in [0.2, 0.25) is 5.91 Å². The van der Waals surface area contributed by atoms with Crippen molar-refractivity contribution in [2.45, 2.75) is 32.2 Å². The lowest BCUT2D eigenvalue weighted by molar-refractivity contribution is -0.121. The highest BCUT2D eigenvalue weighted by atomic mass is 35.5. The van der Waals surface area contributed by atoms with Gasteiger partial charge >= 0.3 is 0 Å². The Hall–Kier alpha value is -0.320. The molecule has 1 saturated heterocycles. The predicted octanol–water partition coefficient (Wildman–Crippen LogP) is 0.949. The van der Waals surface area contributed by atoms with Crippen LogP contribution in [0.2, 0.25) is 0 Å². The van der Waals surface area contributed by atoms with E-state index in [1.165, 1.54) is 0 Å². The van der Waals surface area contributed by atoms with E-state index >= 15 is 0 Å². The summed E-state index contributed by atoms with van der Waals surface area (Å²) in [5.41, 5.74) is 0. The SMILES string of the molecule is CCC(NC(=O)CNC)C1CCOCC1.Cl. The van der Waals surface area contributed by atoms with E-state index in [-0.39, 0.29) is 18.3 Å². The van der Waals surface area contributed by atoms with E-state index in [4.69, 9.17) is 4.74 Å². The second-order valence-corrected chi connectivity index (χ2v) is 4.06. The number of carbonyl (C=O) groups excluding carboxylic acids is 1. The maximum Gasteiger partial charge on any atom is 0.234 e. The molecule has 0 aliphatic carbocycles. The molecule has 0 aromatic heterocycles. The molecule has 1 amide bonds. The summed E-state index contributed by atoms with van der Waals surface area (Å²) < 4.78 is 5.32. The Morgan fingerprint density at radius 1 is 1.44 bits per heavy atom. The van der Waals surface area contributed by atoms with Crippen LogP contribution < -0.4 is 10.6 Å². The van der Waals surface area contributed by atoms with Gasteiger partial charge in [-0.25, -0.2) is 0 Å². The summed E-state index contributed by atoms with van der Waals surface area (Å²) in [6, 6.07) is 0.315. The summed E-state index contributed by atoms with van der Waals surface area (Å²) in [4.78, 5) is 11.5. The molecule has 0 aromatic carbocycles. The van der Waals surface area contributed by atoms with Crippen molar-refractivity contribution in [2.24, 2.45) is 5.92 Å². The standard InChI is InChI=1S/C11H22N2O2.ClH/c1-3-10(13-11(14)8-12-2)9-4-6-15-7-5-9;/h9-10,12H,3-8H2,1-2H3,(H,13,14);1H. The zero-order valence-corrected chi connectivity index (χ0v) is 10.9. The van der Waals surface area contributed by atoms with E-state index in [9.17, 15) is 4.79 Å². The lowest BCUT2D eigenvalue weighted by Gasteiger charge is -2.30. The van der Waals surface area contributed by atoms with E-state index in [0.29, 0.717) is 18.5 Å². The lowest BCUT2D eigenvalue weighted by Crippen LogP contribution is -2.44. The Labute approximate surface area is 104 Å². The minimum Gasteiger partial charge on any atom is -0.381 e. The van der Waals surface area contributed by atoms with Crippen molar-refractivity contribution in [3.63, 3.8) is 0 Å². The van der Waals surface area contributed by atoms with E-state index in [1.54, 1.807) is 7.05 Å². The van der Waals surface area contributed by atoms with Crippen molar-refractivity contribution in [3.05, 3.63) is 0 Å². The molecule has 1 unspecified atom stereocenters. The molecular weight excluding hydrogens is 228 g/mol. The van der Waals surface area contributed by atoms with Crippen LogP contribution in [0, 0.1) is 5.92 Å². The van der Waals surface area contributed by atoms with Gasteiger partial charge in [0.15, 0.2) is 0 Å². The molecule has 5 heteroatoms. The maximum atomic E-state index is 11.5. The smallest absolute Gasteiger partial charge is 0.234 e. The first kappa shape index (κ1) is 15.7. The van der Waals surface area contributed by atoms with Crippen LogP contribution in [0.1, 0.15) is 26.2 Å². The average Bonchev–Trinajstić information content (AvgIpc) is 2.27. The number of hydrogen-bond acceptors (Lipinski definition) is 3. The van der Waals surface area contributed by atoms with Crippen LogP contribution in [0.5, 0.6) is 0 Å². The lowest BCUT2D eigenvalue weighted by atomic mass is 9.90. The summed E-state index contributed by atoms with van der Waals surface area (Å²) >= 11 is 0. The monoisotopic (exact) mass is 250 g/mol. The number of amides is 1. The van der Waals surface area contributed by atoms with Crippen LogP contribution in [0.3, 0.4) is 0 Å². The summed E-state index contributed by atoms with van der Waals surface area (Å²) in [6.45, 7) is 4.20. The van der Waals surface area contributed by atoms with E-state index in [1.807, 2.05) is 0 Å². The highest BCUT2D eigenvalue weighted by Crippen LogP contribution is 2.20. The van der Waals surface area contributed by atoms with Crippen molar-refractivity contribution in [2.75, 3.05) is 26.8 Å². The van der Waals surface area contributed by atoms with Crippen LogP contribution in [0.4, 0.5) is 0 Å². The van der Waals surface area contributed by atoms with Crippen LogP contribution in [-0.2, 0) is 9.53 Å². The second kappa shape index (κ2) is 8.79. The minimum absolute atomic E-state index is 0. The Morgan fingerprint density at radius 2 is 2.06 bits per heavy atom. The zero-order chi connectivity index (χ0) is 11.1. The Bertz CT molecular complexity index is 196. The quantitative estimate of drug-likeness (QED) is 0.764. The van der Waals surface area contributed by atoms with Gasteiger partial charge in [-0.3, -0.25) is 4.79 Å². The highest BCUT2D eigenvalue weighted by molar-refractivity contribution is 5.85. The van der Waals surface area contributed by atoms with Gasteiger partial charge in [0.05, 0.1) is 6.54 Å². The van der Waals surface area contributed by atoms with Crippen molar-refractivity contribution in [3.8, 4) is 0 Å². The molecule has 0 radical (unpaired) electrons. The molecule has 0 bridgehead atoms. The Kier molecular flexibility index (Phi) is 8.61. The minimum atomic E-state index is 0. The second-order valence-electron chi connectivity index (χ2n) is 4.06. The fraction of sp³-hybridized carbons (Fsp3) is 0.909. The normalized spacial score (nSPS) is 18.6. The van der Waals surface area contributed by atoms with Gasteiger partial charge in [0, 0.05) is 19.3 Å². The summed E-state index contributed by atoms with van der Waals surface area (Å²) in [5, 5.41) is 5.94. The molecule has 16 heavy (non-hydrogen) atoms. The topological polar surface area (TPSA) is 50.4 Å². The molecule has 96 valence electrons. The van der Waals surface area contributed by atoms with Crippen molar-refractivity contribution >= 4 is 18.3 Å². The van der Waals surface area contributed by atoms with Gasteiger partial charge < -0.3 is 15.4 Å². The fourth-order valence-electron chi connectivity index (χ4n) is 2.09. The molecule has 1 aliphatic heterocycles. The van der Waals surface area contributed by atoms with Crippen LogP contribution >= 0.6 is 12.4 Å². The zero-order valence-electron chi connectivity index (χ0n) is 10.1. The third kappa shape index (κ3) is 5.14. The molecule has 2 N–H and O–H groups in total. The number of hydrogen-bond donors (Lipinski definition) is 2. The first-order valence-corrected chi connectivity index (χ1v) is 5.79. The number of halogens is 1. The van der Waals surface area contributed by atoms with Gasteiger partial charge in [0.25, 0.3) is 0 Å². The van der Waals surface area contributed by atoms with Crippen molar-refractivity contribution in [1.82, 2.24) is 10.6 Å². The van der Waals surface area contributed by atoms with E-state index in [0.717, 1.165) is 32.5 Å². The van der Waals surface area contributed by atoms with E-state index in [2.05, 4.69) is 17.6 Å². The van der Waals surface area contributed by atoms with Gasteiger partial charge in [-0.2, -0.15) is 0 Å². The number of likely N-dealkylation sites (N-methyl/N-ethyl adjacent to an activating group) is 1. The third-order valence-electron chi connectivity index (χ3n) is 2.96. The van der Waals surface area contributed by atoms with Crippen molar-refractivity contribution < 1.29 is 9.53 Å². The summed E-state index contributed by atoms with van der Waals surface area (Å²) in [7, 11) is 1.79. The number of carbonyl (C=O) groups is 1. The Balaban J connectivity index is 0.00000225. The molecular formula is C11H23ClN2O2. The third-order valence-corrected chi connectivity index (χ3v) is 2.96. The van der Waals surface area contributed by atoms with Gasteiger partial charge in [-0.05, 0) is 32.2 Å². The first-order valence-electron chi connectivity index (χ1n) is 5.79. The largest absolute Gasteiger partial charge is 0.381 e. The van der Waals surface area contributed by atoms with E-state index < -0.39 is 0 Å². The van der Waals surface area contributed by atoms with Gasteiger partial charge in [0.1, 0.15) is 0 Å². The number of nitrogens with one attached hydrogen (secondary N) is 2.